The maximum atomic E-state index is 9.65. The van der Waals surface area contributed by atoms with Crippen molar-refractivity contribution in [1.29, 1.82) is 0 Å². The summed E-state index contributed by atoms with van der Waals surface area (Å²) in [4.78, 5) is 0. The van der Waals surface area contributed by atoms with Crippen molar-refractivity contribution in [3.63, 3.8) is 0 Å². The monoisotopic (exact) mass is 258 g/mol. The Morgan fingerprint density at radius 2 is 2.00 bits per heavy atom. The summed E-state index contributed by atoms with van der Waals surface area (Å²) in [6, 6.07) is 5.54. The summed E-state index contributed by atoms with van der Waals surface area (Å²) in [5.74, 6) is 0.623. The van der Waals surface area contributed by atoms with E-state index >= 15 is 0 Å². The Hall–Kier alpha value is -0.770. The minimum Gasteiger partial charge on any atom is -0.489 e. The molecule has 1 rings (SSSR count). The maximum Gasteiger partial charge on any atom is 0.140 e. The summed E-state index contributed by atoms with van der Waals surface area (Å²) in [7, 11) is 0. The molecule has 1 aromatic carbocycles. The number of aliphatic hydroxyl groups is 1. The summed E-state index contributed by atoms with van der Waals surface area (Å²) in [5, 5.41) is 10.2. The Kier molecular flexibility index (Phi) is 5.75. The summed E-state index contributed by atoms with van der Waals surface area (Å²) in [6.07, 6.45) is -0.542. The van der Waals surface area contributed by atoms with Crippen LogP contribution in [0.15, 0.2) is 18.2 Å². The second kappa shape index (κ2) is 6.84. The number of para-hydroxylation sites is 1. The molecule has 0 spiro atoms. The lowest BCUT2D eigenvalue weighted by molar-refractivity contribution is -0.0123. The Labute approximate surface area is 107 Å². The quantitative estimate of drug-likeness (QED) is 0.853. The van der Waals surface area contributed by atoms with Crippen LogP contribution in [0.25, 0.3) is 0 Å². The molecular weight excluding hydrogens is 240 g/mol. The first kappa shape index (κ1) is 14.3. The van der Waals surface area contributed by atoms with Gasteiger partial charge in [0.05, 0.1) is 17.7 Å². The van der Waals surface area contributed by atoms with Crippen LogP contribution in [0.4, 0.5) is 0 Å². The molecule has 1 atom stereocenters. The summed E-state index contributed by atoms with van der Waals surface area (Å²) in [5.41, 5.74) is 0.953. The number of ether oxygens (including phenoxy) is 2. The van der Waals surface area contributed by atoms with E-state index in [0.29, 0.717) is 10.8 Å². The van der Waals surface area contributed by atoms with Gasteiger partial charge in [0.15, 0.2) is 0 Å². The van der Waals surface area contributed by atoms with Crippen molar-refractivity contribution in [2.45, 2.75) is 33.0 Å². The Balaban J connectivity index is 2.44. The minimum atomic E-state index is -0.645. The lowest BCUT2D eigenvalue weighted by Gasteiger charge is -2.16. The van der Waals surface area contributed by atoms with E-state index < -0.39 is 6.10 Å². The van der Waals surface area contributed by atoms with Gasteiger partial charge in [0.25, 0.3) is 0 Å². The Bertz CT molecular complexity index is 332. The molecule has 0 radical (unpaired) electrons. The highest BCUT2D eigenvalue weighted by Gasteiger charge is 2.10. The van der Waals surface area contributed by atoms with E-state index in [1.165, 1.54) is 0 Å². The molecule has 0 aliphatic carbocycles. The number of benzene rings is 1. The summed E-state index contributed by atoms with van der Waals surface area (Å²) in [6.45, 7) is 6.20. The first-order valence-electron chi connectivity index (χ1n) is 5.68. The van der Waals surface area contributed by atoms with E-state index in [2.05, 4.69) is 0 Å². The standard InChI is InChI=1S/C13H19ClO3/c1-9(2)16-7-11(15)8-17-13-10(3)5-4-6-12(13)14/h4-6,9,11,15H,7-8H2,1-3H3. The SMILES string of the molecule is Cc1cccc(Cl)c1OCC(O)COC(C)C. The van der Waals surface area contributed by atoms with Gasteiger partial charge in [-0.2, -0.15) is 0 Å². The fourth-order valence-electron chi connectivity index (χ4n) is 1.33. The molecular formula is C13H19ClO3. The van der Waals surface area contributed by atoms with Crippen LogP contribution in [0.1, 0.15) is 19.4 Å². The zero-order valence-electron chi connectivity index (χ0n) is 10.4. The fourth-order valence-corrected chi connectivity index (χ4v) is 1.61. The van der Waals surface area contributed by atoms with Crippen LogP contribution in [0, 0.1) is 6.92 Å². The number of aryl methyl sites for hydroxylation is 1. The lowest BCUT2D eigenvalue weighted by Crippen LogP contribution is -2.25. The third-order valence-electron chi connectivity index (χ3n) is 2.21. The third kappa shape index (κ3) is 4.94. The molecule has 0 aliphatic rings. The molecule has 1 N–H and O–H groups in total. The van der Waals surface area contributed by atoms with Crippen molar-refractivity contribution >= 4 is 11.6 Å². The van der Waals surface area contributed by atoms with Crippen LogP contribution in [0.2, 0.25) is 5.02 Å². The molecule has 17 heavy (non-hydrogen) atoms. The highest BCUT2D eigenvalue weighted by Crippen LogP contribution is 2.27. The third-order valence-corrected chi connectivity index (χ3v) is 2.50. The van der Waals surface area contributed by atoms with Gasteiger partial charge in [-0.25, -0.2) is 0 Å². The maximum absolute atomic E-state index is 9.65. The number of halogens is 1. The van der Waals surface area contributed by atoms with E-state index in [1.54, 1.807) is 6.07 Å². The van der Waals surface area contributed by atoms with Crippen molar-refractivity contribution in [3.05, 3.63) is 28.8 Å². The Morgan fingerprint density at radius 3 is 2.59 bits per heavy atom. The highest BCUT2D eigenvalue weighted by molar-refractivity contribution is 6.32. The van der Waals surface area contributed by atoms with Gasteiger partial charge >= 0.3 is 0 Å². The van der Waals surface area contributed by atoms with Gasteiger partial charge in [0.1, 0.15) is 18.5 Å². The molecule has 0 heterocycles. The first-order chi connectivity index (χ1) is 8.00. The first-order valence-corrected chi connectivity index (χ1v) is 6.06. The van der Waals surface area contributed by atoms with Gasteiger partial charge in [-0.05, 0) is 32.4 Å². The molecule has 0 fully saturated rings. The van der Waals surface area contributed by atoms with Gasteiger partial charge in [0, 0.05) is 0 Å². The van der Waals surface area contributed by atoms with Crippen LogP contribution in [0.3, 0.4) is 0 Å². The zero-order chi connectivity index (χ0) is 12.8. The van der Waals surface area contributed by atoms with Gasteiger partial charge in [-0.15, -0.1) is 0 Å². The van der Waals surface area contributed by atoms with Crippen molar-refractivity contribution in [3.8, 4) is 5.75 Å². The normalized spacial score (nSPS) is 12.8. The zero-order valence-corrected chi connectivity index (χ0v) is 11.2. The molecule has 0 saturated carbocycles. The largest absolute Gasteiger partial charge is 0.489 e. The van der Waals surface area contributed by atoms with Crippen LogP contribution < -0.4 is 4.74 Å². The van der Waals surface area contributed by atoms with E-state index in [9.17, 15) is 5.11 Å². The van der Waals surface area contributed by atoms with Gasteiger partial charge in [-0.3, -0.25) is 0 Å². The average Bonchev–Trinajstić information content (AvgIpc) is 2.25. The van der Waals surface area contributed by atoms with Crippen LogP contribution >= 0.6 is 11.6 Å². The van der Waals surface area contributed by atoms with Gasteiger partial charge in [0.2, 0.25) is 0 Å². The molecule has 0 amide bonds. The molecule has 0 saturated heterocycles. The topological polar surface area (TPSA) is 38.7 Å². The minimum absolute atomic E-state index is 0.103. The fraction of sp³-hybridized carbons (Fsp3) is 0.538. The predicted molar refractivity (Wildman–Crippen MR) is 68.8 cm³/mol. The van der Waals surface area contributed by atoms with E-state index in [0.717, 1.165) is 5.56 Å². The lowest BCUT2D eigenvalue weighted by atomic mass is 10.2. The molecule has 3 nitrogen and oxygen atoms in total. The summed E-state index contributed by atoms with van der Waals surface area (Å²) < 4.78 is 10.8. The van der Waals surface area contributed by atoms with E-state index in [-0.39, 0.29) is 19.3 Å². The number of hydrogen-bond donors (Lipinski definition) is 1. The van der Waals surface area contributed by atoms with Gasteiger partial charge < -0.3 is 14.6 Å². The van der Waals surface area contributed by atoms with E-state index in [1.807, 2.05) is 32.9 Å². The van der Waals surface area contributed by atoms with Crippen LogP contribution in [0.5, 0.6) is 5.75 Å². The predicted octanol–water partition coefficient (Wildman–Crippen LogP) is 2.81. The van der Waals surface area contributed by atoms with E-state index in [4.69, 9.17) is 21.1 Å². The van der Waals surface area contributed by atoms with Gasteiger partial charge in [-0.1, -0.05) is 23.7 Å². The number of aliphatic hydroxyl groups excluding tert-OH is 1. The van der Waals surface area contributed by atoms with Crippen molar-refractivity contribution in [1.82, 2.24) is 0 Å². The molecule has 0 aliphatic heterocycles. The van der Waals surface area contributed by atoms with Crippen molar-refractivity contribution in [2.75, 3.05) is 13.2 Å². The van der Waals surface area contributed by atoms with Crippen molar-refractivity contribution in [2.24, 2.45) is 0 Å². The number of hydrogen-bond acceptors (Lipinski definition) is 3. The molecule has 0 aromatic heterocycles. The molecule has 1 unspecified atom stereocenters. The summed E-state index contributed by atoms with van der Waals surface area (Å²) >= 11 is 6.00. The molecule has 1 aromatic rings. The van der Waals surface area contributed by atoms with Crippen LogP contribution in [-0.2, 0) is 4.74 Å². The second-order valence-electron chi connectivity index (χ2n) is 4.23. The molecule has 0 bridgehead atoms. The smallest absolute Gasteiger partial charge is 0.140 e. The molecule has 4 heteroatoms. The Morgan fingerprint density at radius 1 is 1.29 bits per heavy atom. The van der Waals surface area contributed by atoms with Crippen LogP contribution in [-0.4, -0.2) is 30.5 Å². The highest BCUT2D eigenvalue weighted by atomic mass is 35.5. The number of rotatable bonds is 6. The average molecular weight is 259 g/mol. The molecule has 96 valence electrons. The van der Waals surface area contributed by atoms with Crippen molar-refractivity contribution < 1.29 is 14.6 Å². The second-order valence-corrected chi connectivity index (χ2v) is 4.64.